The molecule has 2 unspecified atom stereocenters. The van der Waals surface area contributed by atoms with E-state index in [0.717, 1.165) is 30.0 Å². The molecule has 2 atom stereocenters. The lowest BCUT2D eigenvalue weighted by Crippen LogP contribution is -2.36. The minimum atomic E-state index is 0.0638. The van der Waals surface area contributed by atoms with E-state index in [2.05, 4.69) is 17.6 Å². The molecular formula is C14H18N2O3. The van der Waals surface area contributed by atoms with E-state index in [1.54, 1.807) is 0 Å². The first-order valence-electron chi connectivity index (χ1n) is 6.64. The van der Waals surface area contributed by atoms with Crippen molar-refractivity contribution < 1.29 is 14.3 Å². The van der Waals surface area contributed by atoms with Crippen molar-refractivity contribution in [2.75, 3.05) is 13.3 Å². The van der Waals surface area contributed by atoms with Gasteiger partial charge in [0.15, 0.2) is 11.5 Å². The molecule has 2 aliphatic heterocycles. The second kappa shape index (κ2) is 5.09. The number of carbonyl (C=O) groups excluding carboxylic acids is 1. The lowest BCUT2D eigenvalue weighted by Gasteiger charge is -2.15. The van der Waals surface area contributed by atoms with Crippen LogP contribution in [0.3, 0.4) is 0 Å². The fourth-order valence-corrected chi connectivity index (χ4v) is 2.66. The Hall–Kier alpha value is -1.75. The number of carbonyl (C=O) groups is 1. The zero-order valence-electron chi connectivity index (χ0n) is 10.9. The van der Waals surface area contributed by atoms with Crippen LogP contribution in [0.5, 0.6) is 11.5 Å². The molecule has 0 aromatic heterocycles. The lowest BCUT2D eigenvalue weighted by molar-refractivity contribution is -0.125. The number of fused-ring (bicyclic) bond motifs is 1. The Balaban J connectivity index is 1.63. The van der Waals surface area contributed by atoms with Crippen molar-refractivity contribution >= 4 is 5.91 Å². The van der Waals surface area contributed by atoms with Crippen molar-refractivity contribution in [1.82, 2.24) is 10.6 Å². The molecule has 0 bridgehead atoms. The molecule has 1 aromatic carbocycles. The van der Waals surface area contributed by atoms with Crippen LogP contribution in [-0.2, 0) is 11.3 Å². The second-order valence-corrected chi connectivity index (χ2v) is 5.01. The molecule has 5 nitrogen and oxygen atoms in total. The summed E-state index contributed by atoms with van der Waals surface area (Å²) in [6.45, 7) is 3.70. The fourth-order valence-electron chi connectivity index (χ4n) is 2.66. The number of hydrogen-bond donors (Lipinski definition) is 2. The highest BCUT2D eigenvalue weighted by Crippen LogP contribution is 2.35. The third-order valence-corrected chi connectivity index (χ3v) is 3.79. The minimum absolute atomic E-state index is 0.0638. The van der Waals surface area contributed by atoms with Crippen molar-refractivity contribution in [2.24, 2.45) is 5.92 Å². The Bertz CT molecular complexity index is 490. The highest BCUT2D eigenvalue weighted by atomic mass is 16.7. The molecule has 2 N–H and O–H groups in total. The summed E-state index contributed by atoms with van der Waals surface area (Å²) in [6, 6.07) is 5.98. The van der Waals surface area contributed by atoms with Gasteiger partial charge in [0.05, 0.1) is 5.92 Å². The Labute approximate surface area is 112 Å². The number of rotatable bonds is 3. The van der Waals surface area contributed by atoms with Crippen LogP contribution in [0.2, 0.25) is 0 Å². The maximum atomic E-state index is 12.1. The van der Waals surface area contributed by atoms with Gasteiger partial charge in [-0.25, -0.2) is 0 Å². The molecule has 19 heavy (non-hydrogen) atoms. The van der Waals surface area contributed by atoms with Crippen molar-refractivity contribution in [2.45, 2.75) is 25.9 Å². The standard InChI is InChI=1S/C14H18N2O3/c1-9-11(5-6-15-9)14(17)16-7-10-3-2-4-12-13(10)19-8-18-12/h2-4,9,11,15H,5-8H2,1H3,(H,16,17). The summed E-state index contributed by atoms with van der Waals surface area (Å²) >= 11 is 0. The van der Waals surface area contributed by atoms with Crippen LogP contribution in [0.15, 0.2) is 18.2 Å². The van der Waals surface area contributed by atoms with Crippen LogP contribution < -0.4 is 20.1 Å². The maximum absolute atomic E-state index is 12.1. The average Bonchev–Trinajstić information content (AvgIpc) is 3.04. The number of hydrogen-bond acceptors (Lipinski definition) is 4. The Kier molecular flexibility index (Phi) is 3.29. The van der Waals surface area contributed by atoms with Crippen LogP contribution in [0.1, 0.15) is 18.9 Å². The molecule has 1 amide bonds. The zero-order valence-corrected chi connectivity index (χ0v) is 10.9. The van der Waals surface area contributed by atoms with Gasteiger partial charge < -0.3 is 20.1 Å². The van der Waals surface area contributed by atoms with E-state index in [-0.39, 0.29) is 24.7 Å². The van der Waals surface area contributed by atoms with Crippen molar-refractivity contribution in [3.05, 3.63) is 23.8 Å². The van der Waals surface area contributed by atoms with Crippen LogP contribution in [0.25, 0.3) is 0 Å². The van der Waals surface area contributed by atoms with E-state index in [1.165, 1.54) is 0 Å². The molecule has 0 spiro atoms. The molecule has 2 heterocycles. The molecule has 1 saturated heterocycles. The predicted molar refractivity (Wildman–Crippen MR) is 70.0 cm³/mol. The van der Waals surface area contributed by atoms with Crippen LogP contribution in [0, 0.1) is 5.92 Å². The highest BCUT2D eigenvalue weighted by molar-refractivity contribution is 5.79. The summed E-state index contributed by atoms with van der Waals surface area (Å²) in [5.41, 5.74) is 0.960. The van der Waals surface area contributed by atoms with E-state index >= 15 is 0 Å². The first-order chi connectivity index (χ1) is 9.25. The molecule has 2 aliphatic rings. The predicted octanol–water partition coefficient (Wildman–Crippen LogP) is 1.03. The first kappa shape index (κ1) is 12.3. The monoisotopic (exact) mass is 262 g/mol. The zero-order chi connectivity index (χ0) is 13.2. The van der Waals surface area contributed by atoms with Crippen LogP contribution >= 0.6 is 0 Å². The van der Waals surface area contributed by atoms with Gasteiger partial charge in [0.2, 0.25) is 12.7 Å². The smallest absolute Gasteiger partial charge is 0.231 e. The van der Waals surface area contributed by atoms with E-state index in [9.17, 15) is 4.79 Å². The largest absolute Gasteiger partial charge is 0.454 e. The molecular weight excluding hydrogens is 244 g/mol. The van der Waals surface area contributed by atoms with E-state index < -0.39 is 0 Å². The number of amides is 1. The molecule has 0 radical (unpaired) electrons. The Morgan fingerprint density at radius 3 is 3.16 bits per heavy atom. The molecule has 1 fully saturated rings. The van der Waals surface area contributed by atoms with Gasteiger partial charge in [-0.1, -0.05) is 12.1 Å². The summed E-state index contributed by atoms with van der Waals surface area (Å²) in [5.74, 6) is 1.67. The lowest BCUT2D eigenvalue weighted by atomic mass is 10.0. The van der Waals surface area contributed by atoms with Gasteiger partial charge in [-0.2, -0.15) is 0 Å². The van der Waals surface area contributed by atoms with Gasteiger partial charge in [-0.05, 0) is 26.0 Å². The van der Waals surface area contributed by atoms with Gasteiger partial charge in [0.25, 0.3) is 0 Å². The molecule has 3 rings (SSSR count). The van der Waals surface area contributed by atoms with Crippen molar-refractivity contribution in [3.63, 3.8) is 0 Å². The molecule has 102 valence electrons. The first-order valence-corrected chi connectivity index (χ1v) is 6.64. The summed E-state index contributed by atoms with van der Waals surface area (Å²) in [6.07, 6.45) is 0.902. The SMILES string of the molecule is CC1NCCC1C(=O)NCc1cccc2c1OCO2. The van der Waals surface area contributed by atoms with Gasteiger partial charge in [-0.15, -0.1) is 0 Å². The summed E-state index contributed by atoms with van der Waals surface area (Å²) < 4.78 is 10.7. The average molecular weight is 262 g/mol. The number of para-hydroxylation sites is 1. The van der Waals surface area contributed by atoms with Crippen LogP contribution in [0.4, 0.5) is 0 Å². The molecule has 1 aromatic rings. The second-order valence-electron chi connectivity index (χ2n) is 5.01. The van der Waals surface area contributed by atoms with Crippen LogP contribution in [-0.4, -0.2) is 25.3 Å². The van der Waals surface area contributed by atoms with Gasteiger partial charge in [-0.3, -0.25) is 4.79 Å². The number of benzene rings is 1. The van der Waals surface area contributed by atoms with Crippen molar-refractivity contribution in [3.8, 4) is 11.5 Å². The molecule has 5 heteroatoms. The molecule has 0 aliphatic carbocycles. The van der Waals surface area contributed by atoms with E-state index in [1.807, 2.05) is 18.2 Å². The fraction of sp³-hybridized carbons (Fsp3) is 0.500. The third kappa shape index (κ3) is 2.38. The number of nitrogens with one attached hydrogen (secondary N) is 2. The Morgan fingerprint density at radius 1 is 1.47 bits per heavy atom. The highest BCUT2D eigenvalue weighted by Gasteiger charge is 2.29. The van der Waals surface area contributed by atoms with E-state index in [0.29, 0.717) is 6.54 Å². The van der Waals surface area contributed by atoms with Gasteiger partial charge in [0, 0.05) is 18.2 Å². The van der Waals surface area contributed by atoms with Crippen molar-refractivity contribution in [1.29, 1.82) is 0 Å². The topological polar surface area (TPSA) is 59.6 Å². The maximum Gasteiger partial charge on any atom is 0.231 e. The third-order valence-electron chi connectivity index (χ3n) is 3.79. The summed E-state index contributed by atoms with van der Waals surface area (Å²) in [5, 5.41) is 6.27. The van der Waals surface area contributed by atoms with Gasteiger partial charge >= 0.3 is 0 Å². The minimum Gasteiger partial charge on any atom is -0.454 e. The number of ether oxygens (including phenoxy) is 2. The van der Waals surface area contributed by atoms with E-state index in [4.69, 9.17) is 9.47 Å². The molecule has 0 saturated carbocycles. The Morgan fingerprint density at radius 2 is 2.37 bits per heavy atom. The van der Waals surface area contributed by atoms with Gasteiger partial charge in [0.1, 0.15) is 0 Å². The summed E-state index contributed by atoms with van der Waals surface area (Å²) in [7, 11) is 0. The summed E-state index contributed by atoms with van der Waals surface area (Å²) in [4.78, 5) is 12.1. The quantitative estimate of drug-likeness (QED) is 0.854. The normalized spacial score (nSPS) is 24.5.